The molecule has 0 radical (unpaired) electrons. The first-order valence-corrected chi connectivity index (χ1v) is 5.74. The van der Waals surface area contributed by atoms with Gasteiger partial charge in [0.25, 0.3) is 0 Å². The van der Waals surface area contributed by atoms with Gasteiger partial charge >= 0.3 is 0 Å². The highest BCUT2D eigenvalue weighted by atomic mass is 14.9. The Bertz CT molecular complexity index is 259. The summed E-state index contributed by atoms with van der Waals surface area (Å²) in [4.78, 5) is 0. The molecule has 1 N–H and O–H groups in total. The van der Waals surface area contributed by atoms with Crippen molar-refractivity contribution in [2.45, 2.75) is 47.1 Å². The van der Waals surface area contributed by atoms with Crippen LogP contribution in [0, 0.1) is 0 Å². The first kappa shape index (κ1) is 14.2. The van der Waals surface area contributed by atoms with E-state index in [0.29, 0.717) is 6.04 Å². The molecular formula is C14H25N. The summed E-state index contributed by atoms with van der Waals surface area (Å²) < 4.78 is 0. The molecule has 0 aromatic carbocycles. The van der Waals surface area contributed by atoms with Crippen LogP contribution >= 0.6 is 0 Å². The minimum absolute atomic E-state index is 0.581. The van der Waals surface area contributed by atoms with E-state index in [4.69, 9.17) is 0 Å². The smallest absolute Gasteiger partial charge is 0.0207 e. The summed E-state index contributed by atoms with van der Waals surface area (Å²) in [7, 11) is 0. The third-order valence-electron chi connectivity index (χ3n) is 2.57. The predicted octanol–water partition coefficient (Wildman–Crippen LogP) is 3.84. The van der Waals surface area contributed by atoms with Crippen molar-refractivity contribution in [1.29, 1.82) is 0 Å². The molecule has 1 heteroatoms. The minimum Gasteiger partial charge on any atom is -0.310 e. The second-order valence-corrected chi connectivity index (χ2v) is 4.18. The first-order chi connectivity index (χ1) is 7.01. The van der Waals surface area contributed by atoms with Crippen LogP contribution in [-0.2, 0) is 0 Å². The van der Waals surface area contributed by atoms with E-state index in [0.717, 1.165) is 12.1 Å². The van der Waals surface area contributed by atoms with Crippen LogP contribution in [0.1, 0.15) is 41.0 Å². The zero-order chi connectivity index (χ0) is 11.8. The SMILES string of the molecule is C=C(C)/C=C(C)\C(=C/C)CNC(C)CC. The monoisotopic (exact) mass is 207 g/mol. The van der Waals surface area contributed by atoms with Gasteiger partial charge in [0, 0.05) is 12.6 Å². The van der Waals surface area contributed by atoms with Gasteiger partial charge in [0.05, 0.1) is 0 Å². The molecular weight excluding hydrogens is 182 g/mol. The first-order valence-electron chi connectivity index (χ1n) is 5.74. The van der Waals surface area contributed by atoms with Gasteiger partial charge in [-0.2, -0.15) is 0 Å². The zero-order valence-corrected chi connectivity index (χ0v) is 10.9. The highest BCUT2D eigenvalue weighted by Crippen LogP contribution is 2.11. The van der Waals surface area contributed by atoms with Crippen LogP contribution in [0.3, 0.4) is 0 Å². The summed E-state index contributed by atoms with van der Waals surface area (Å²) in [6.07, 6.45) is 5.47. The summed E-state index contributed by atoms with van der Waals surface area (Å²) in [6.45, 7) is 15.5. The Morgan fingerprint density at radius 2 is 2.00 bits per heavy atom. The maximum atomic E-state index is 3.90. The highest BCUT2D eigenvalue weighted by molar-refractivity contribution is 5.34. The Kier molecular flexibility index (Phi) is 7.06. The van der Waals surface area contributed by atoms with E-state index < -0.39 is 0 Å². The van der Waals surface area contributed by atoms with E-state index in [2.05, 4.69) is 51.7 Å². The van der Waals surface area contributed by atoms with Crippen molar-refractivity contribution in [2.24, 2.45) is 0 Å². The van der Waals surface area contributed by atoms with Crippen LogP contribution in [0.2, 0.25) is 0 Å². The van der Waals surface area contributed by atoms with Gasteiger partial charge in [-0.15, -0.1) is 0 Å². The van der Waals surface area contributed by atoms with Gasteiger partial charge in [-0.3, -0.25) is 0 Å². The van der Waals surface area contributed by atoms with Crippen LogP contribution in [0.15, 0.2) is 35.5 Å². The van der Waals surface area contributed by atoms with Gasteiger partial charge in [0.2, 0.25) is 0 Å². The molecule has 0 amide bonds. The van der Waals surface area contributed by atoms with Gasteiger partial charge in [-0.25, -0.2) is 0 Å². The van der Waals surface area contributed by atoms with Crippen molar-refractivity contribution in [3.8, 4) is 0 Å². The quantitative estimate of drug-likeness (QED) is 0.652. The molecule has 0 saturated carbocycles. The lowest BCUT2D eigenvalue weighted by Gasteiger charge is -2.14. The Hall–Kier alpha value is -0.820. The molecule has 0 fully saturated rings. The molecule has 15 heavy (non-hydrogen) atoms. The van der Waals surface area contributed by atoms with Crippen molar-refractivity contribution >= 4 is 0 Å². The molecule has 0 aromatic rings. The molecule has 0 heterocycles. The Balaban J connectivity index is 4.33. The summed E-state index contributed by atoms with van der Waals surface area (Å²) in [6, 6.07) is 0.581. The van der Waals surface area contributed by atoms with Crippen LogP contribution < -0.4 is 5.32 Å². The second-order valence-electron chi connectivity index (χ2n) is 4.18. The Morgan fingerprint density at radius 3 is 2.40 bits per heavy atom. The highest BCUT2D eigenvalue weighted by Gasteiger charge is 2.01. The molecule has 1 atom stereocenters. The molecule has 1 unspecified atom stereocenters. The van der Waals surface area contributed by atoms with Crippen molar-refractivity contribution in [3.63, 3.8) is 0 Å². The van der Waals surface area contributed by atoms with Crippen molar-refractivity contribution in [3.05, 3.63) is 35.5 Å². The van der Waals surface area contributed by atoms with Crippen molar-refractivity contribution < 1.29 is 0 Å². The minimum atomic E-state index is 0.581. The number of allylic oxidation sites excluding steroid dienone is 3. The lowest BCUT2D eigenvalue weighted by molar-refractivity contribution is 0.561. The fraction of sp³-hybridized carbons (Fsp3) is 0.571. The van der Waals surface area contributed by atoms with Gasteiger partial charge in [-0.05, 0) is 45.3 Å². The fourth-order valence-corrected chi connectivity index (χ4v) is 1.36. The maximum Gasteiger partial charge on any atom is 0.0207 e. The molecule has 0 bridgehead atoms. The maximum absolute atomic E-state index is 3.90. The third-order valence-corrected chi connectivity index (χ3v) is 2.57. The van der Waals surface area contributed by atoms with Gasteiger partial charge in [0.1, 0.15) is 0 Å². The molecule has 0 spiro atoms. The molecule has 0 aromatic heterocycles. The van der Waals surface area contributed by atoms with Crippen molar-refractivity contribution in [2.75, 3.05) is 6.54 Å². The molecule has 86 valence electrons. The summed E-state index contributed by atoms with van der Waals surface area (Å²) >= 11 is 0. The van der Waals surface area contributed by atoms with E-state index in [9.17, 15) is 0 Å². The fourth-order valence-electron chi connectivity index (χ4n) is 1.36. The van der Waals surface area contributed by atoms with Gasteiger partial charge in [-0.1, -0.05) is 31.2 Å². The summed E-state index contributed by atoms with van der Waals surface area (Å²) in [5.74, 6) is 0. The number of hydrogen-bond acceptors (Lipinski definition) is 1. The molecule has 0 rings (SSSR count). The van der Waals surface area contributed by atoms with Gasteiger partial charge < -0.3 is 5.32 Å². The van der Waals surface area contributed by atoms with E-state index in [1.54, 1.807) is 0 Å². The van der Waals surface area contributed by atoms with Gasteiger partial charge in [0.15, 0.2) is 0 Å². The average Bonchev–Trinajstić information content (AvgIpc) is 2.17. The molecule has 0 aliphatic heterocycles. The van der Waals surface area contributed by atoms with Crippen molar-refractivity contribution in [1.82, 2.24) is 5.32 Å². The molecule has 0 aliphatic rings. The number of hydrogen-bond donors (Lipinski definition) is 1. The summed E-state index contributed by atoms with van der Waals surface area (Å²) in [5.41, 5.74) is 3.77. The average molecular weight is 207 g/mol. The van der Waals surface area contributed by atoms with Crippen LogP contribution in [-0.4, -0.2) is 12.6 Å². The third kappa shape index (κ3) is 6.29. The van der Waals surface area contributed by atoms with Crippen LogP contribution in [0.5, 0.6) is 0 Å². The molecule has 1 nitrogen and oxygen atoms in total. The lowest BCUT2D eigenvalue weighted by atomic mass is 10.0. The molecule has 0 aliphatic carbocycles. The van der Waals surface area contributed by atoms with Crippen LogP contribution in [0.25, 0.3) is 0 Å². The van der Waals surface area contributed by atoms with E-state index in [-0.39, 0.29) is 0 Å². The van der Waals surface area contributed by atoms with E-state index in [1.165, 1.54) is 17.6 Å². The number of rotatable bonds is 6. The van der Waals surface area contributed by atoms with Crippen LogP contribution in [0.4, 0.5) is 0 Å². The van der Waals surface area contributed by atoms with E-state index >= 15 is 0 Å². The Morgan fingerprint density at radius 1 is 1.40 bits per heavy atom. The normalized spacial score (nSPS) is 15.3. The lowest BCUT2D eigenvalue weighted by Crippen LogP contribution is -2.27. The predicted molar refractivity (Wildman–Crippen MR) is 70.1 cm³/mol. The van der Waals surface area contributed by atoms with E-state index in [1.807, 2.05) is 6.92 Å². The zero-order valence-electron chi connectivity index (χ0n) is 10.9. The second kappa shape index (κ2) is 7.47. The largest absolute Gasteiger partial charge is 0.310 e. The Labute approximate surface area is 95.0 Å². The topological polar surface area (TPSA) is 12.0 Å². The standard InChI is InChI=1S/C14H25N/c1-7-13(6)15-10-14(8-2)12(5)9-11(3)4/h8-9,13,15H,3,7,10H2,1-2,4-6H3/b12-9-,14-8-. The summed E-state index contributed by atoms with van der Waals surface area (Å²) in [5, 5.41) is 3.50. The molecule has 0 saturated heterocycles. The number of nitrogens with one attached hydrogen (secondary N) is 1.